The molecule has 0 bridgehead atoms. The highest BCUT2D eigenvalue weighted by Gasteiger charge is 1.93. The van der Waals surface area contributed by atoms with E-state index in [4.69, 9.17) is 0 Å². The average Bonchev–Trinajstić information content (AvgIpc) is 2.30. The Kier molecular flexibility index (Phi) is 4.82. The van der Waals surface area contributed by atoms with Crippen LogP contribution in [0.3, 0.4) is 0 Å². The summed E-state index contributed by atoms with van der Waals surface area (Å²) in [5.74, 6) is 0. The topological polar surface area (TPSA) is 12.9 Å². The molecule has 0 spiro atoms. The van der Waals surface area contributed by atoms with E-state index < -0.39 is 0 Å². The summed E-state index contributed by atoms with van der Waals surface area (Å²) in [5, 5.41) is 1.25. The predicted molar refractivity (Wildman–Crippen MR) is 67.1 cm³/mol. The summed E-state index contributed by atoms with van der Waals surface area (Å²) in [6.45, 7) is 6.46. The zero-order chi connectivity index (χ0) is 11.1. The highest BCUT2D eigenvalue weighted by molar-refractivity contribution is 5.81. The average molecular weight is 201 g/mol. The van der Waals surface area contributed by atoms with Gasteiger partial charge in [0.05, 0.1) is 5.52 Å². The first-order valence-corrected chi connectivity index (χ1v) is 5.60. The second-order valence-corrected chi connectivity index (χ2v) is 3.64. The van der Waals surface area contributed by atoms with E-state index in [1.165, 1.54) is 23.8 Å². The Balaban J connectivity index is 0.000000245. The number of nitrogens with zero attached hydrogens (tertiary/aromatic N) is 1. The van der Waals surface area contributed by atoms with Gasteiger partial charge >= 0.3 is 0 Å². The van der Waals surface area contributed by atoms with Crippen molar-refractivity contribution in [3.8, 4) is 0 Å². The molecular weight excluding hydrogens is 182 g/mol. The SMILES string of the molecule is CCCC.Cc1cccc2ncccc12. The van der Waals surface area contributed by atoms with Gasteiger partial charge in [-0.05, 0) is 24.6 Å². The van der Waals surface area contributed by atoms with Crippen LogP contribution < -0.4 is 0 Å². The van der Waals surface area contributed by atoms with Crippen molar-refractivity contribution in [1.29, 1.82) is 0 Å². The van der Waals surface area contributed by atoms with Gasteiger partial charge in [0, 0.05) is 11.6 Å². The van der Waals surface area contributed by atoms with E-state index in [1.54, 1.807) is 0 Å². The minimum absolute atomic E-state index is 1.08. The Morgan fingerprint density at radius 2 is 1.73 bits per heavy atom. The molecule has 1 nitrogen and oxygen atoms in total. The molecule has 2 aromatic rings. The fourth-order valence-corrected chi connectivity index (χ4v) is 1.26. The molecule has 80 valence electrons. The van der Waals surface area contributed by atoms with Crippen LogP contribution in [0.4, 0.5) is 0 Å². The molecule has 1 heteroatoms. The normalized spacial score (nSPS) is 9.53. The highest BCUT2D eigenvalue weighted by atomic mass is 14.6. The number of benzene rings is 1. The van der Waals surface area contributed by atoms with Crippen LogP contribution in [0.15, 0.2) is 36.5 Å². The number of unbranched alkanes of at least 4 members (excludes halogenated alkanes) is 1. The van der Waals surface area contributed by atoms with Crippen molar-refractivity contribution >= 4 is 10.9 Å². The van der Waals surface area contributed by atoms with Crippen LogP contribution in [0.5, 0.6) is 0 Å². The van der Waals surface area contributed by atoms with Crippen molar-refractivity contribution in [3.05, 3.63) is 42.1 Å². The molecule has 0 aliphatic rings. The summed E-state index contributed by atoms with van der Waals surface area (Å²) in [6, 6.07) is 10.2. The van der Waals surface area contributed by atoms with Crippen LogP contribution in [0, 0.1) is 6.92 Å². The number of hydrogen-bond donors (Lipinski definition) is 0. The van der Waals surface area contributed by atoms with Gasteiger partial charge in [0.15, 0.2) is 0 Å². The second kappa shape index (κ2) is 6.18. The lowest BCUT2D eigenvalue weighted by Gasteiger charge is -1.97. The highest BCUT2D eigenvalue weighted by Crippen LogP contribution is 2.14. The van der Waals surface area contributed by atoms with E-state index in [9.17, 15) is 0 Å². The van der Waals surface area contributed by atoms with Crippen LogP contribution in [0.25, 0.3) is 10.9 Å². The third-order valence-corrected chi connectivity index (χ3v) is 2.36. The Morgan fingerprint density at radius 1 is 1.00 bits per heavy atom. The maximum atomic E-state index is 4.24. The van der Waals surface area contributed by atoms with Crippen LogP contribution in [-0.4, -0.2) is 4.98 Å². The number of aryl methyl sites for hydroxylation is 1. The van der Waals surface area contributed by atoms with Gasteiger partial charge in [0.25, 0.3) is 0 Å². The Morgan fingerprint density at radius 3 is 2.33 bits per heavy atom. The molecule has 1 aromatic heterocycles. The van der Waals surface area contributed by atoms with E-state index in [-0.39, 0.29) is 0 Å². The fourth-order valence-electron chi connectivity index (χ4n) is 1.26. The number of pyridine rings is 1. The first kappa shape index (κ1) is 11.7. The molecule has 0 radical (unpaired) electrons. The molecule has 1 heterocycles. The van der Waals surface area contributed by atoms with Gasteiger partial charge < -0.3 is 0 Å². The van der Waals surface area contributed by atoms with Crippen molar-refractivity contribution in [2.24, 2.45) is 0 Å². The molecule has 0 unspecified atom stereocenters. The standard InChI is InChI=1S/C10H9N.C4H10/c1-8-4-2-6-10-9(8)5-3-7-11-10;1-3-4-2/h2-7H,1H3;3-4H2,1-2H3. The summed E-state index contributed by atoms with van der Waals surface area (Å²) >= 11 is 0. The molecule has 0 atom stereocenters. The lowest BCUT2D eigenvalue weighted by molar-refractivity contribution is 0.886. The van der Waals surface area contributed by atoms with Crippen LogP contribution in [0.2, 0.25) is 0 Å². The molecule has 0 saturated carbocycles. The zero-order valence-electron chi connectivity index (χ0n) is 9.83. The van der Waals surface area contributed by atoms with Crippen molar-refractivity contribution in [3.63, 3.8) is 0 Å². The quantitative estimate of drug-likeness (QED) is 0.668. The molecule has 0 aliphatic carbocycles. The van der Waals surface area contributed by atoms with Gasteiger partial charge in [-0.15, -0.1) is 0 Å². The van der Waals surface area contributed by atoms with E-state index in [0.29, 0.717) is 0 Å². The summed E-state index contributed by atoms with van der Waals surface area (Å²) < 4.78 is 0. The fraction of sp³-hybridized carbons (Fsp3) is 0.357. The first-order valence-electron chi connectivity index (χ1n) is 5.60. The largest absolute Gasteiger partial charge is 0.256 e. The molecule has 0 saturated heterocycles. The van der Waals surface area contributed by atoms with Crippen LogP contribution in [0.1, 0.15) is 32.3 Å². The van der Waals surface area contributed by atoms with Crippen molar-refractivity contribution in [1.82, 2.24) is 4.98 Å². The monoisotopic (exact) mass is 201 g/mol. The Bertz CT molecular complexity index is 400. The summed E-state index contributed by atoms with van der Waals surface area (Å²) in [6.07, 6.45) is 4.46. The molecule has 0 aliphatic heterocycles. The van der Waals surface area contributed by atoms with Crippen LogP contribution in [-0.2, 0) is 0 Å². The predicted octanol–water partition coefficient (Wildman–Crippen LogP) is 4.35. The van der Waals surface area contributed by atoms with Gasteiger partial charge in [-0.25, -0.2) is 0 Å². The number of hydrogen-bond acceptors (Lipinski definition) is 1. The minimum Gasteiger partial charge on any atom is -0.256 e. The lowest BCUT2D eigenvalue weighted by Crippen LogP contribution is -1.79. The number of rotatable bonds is 1. The van der Waals surface area contributed by atoms with E-state index in [2.05, 4.69) is 37.9 Å². The van der Waals surface area contributed by atoms with Gasteiger partial charge in [-0.2, -0.15) is 0 Å². The van der Waals surface area contributed by atoms with Gasteiger partial charge in [-0.3, -0.25) is 4.98 Å². The number of fused-ring (bicyclic) bond motifs is 1. The van der Waals surface area contributed by atoms with Crippen molar-refractivity contribution < 1.29 is 0 Å². The maximum Gasteiger partial charge on any atom is 0.0704 e. The zero-order valence-corrected chi connectivity index (χ0v) is 9.83. The molecule has 0 amide bonds. The molecule has 1 aromatic carbocycles. The third-order valence-electron chi connectivity index (χ3n) is 2.36. The van der Waals surface area contributed by atoms with E-state index >= 15 is 0 Å². The Hall–Kier alpha value is -1.37. The lowest BCUT2D eigenvalue weighted by atomic mass is 10.1. The molecule has 15 heavy (non-hydrogen) atoms. The van der Waals surface area contributed by atoms with Gasteiger partial charge in [0.1, 0.15) is 0 Å². The summed E-state index contributed by atoms with van der Waals surface area (Å²) in [4.78, 5) is 4.24. The first-order chi connectivity index (χ1) is 7.29. The molecule has 2 rings (SSSR count). The van der Waals surface area contributed by atoms with Crippen LogP contribution >= 0.6 is 0 Å². The third kappa shape index (κ3) is 3.35. The molecular formula is C14H19N. The second-order valence-electron chi connectivity index (χ2n) is 3.64. The van der Waals surface area contributed by atoms with Gasteiger partial charge in [0.2, 0.25) is 0 Å². The van der Waals surface area contributed by atoms with E-state index in [0.717, 1.165) is 5.52 Å². The minimum atomic E-state index is 1.08. The molecule has 0 fully saturated rings. The smallest absolute Gasteiger partial charge is 0.0704 e. The maximum absolute atomic E-state index is 4.24. The number of aromatic nitrogens is 1. The summed E-state index contributed by atoms with van der Waals surface area (Å²) in [5.41, 5.74) is 2.36. The summed E-state index contributed by atoms with van der Waals surface area (Å²) in [7, 11) is 0. The Labute approximate surface area is 92.2 Å². The van der Waals surface area contributed by atoms with E-state index in [1.807, 2.05) is 24.4 Å². The van der Waals surface area contributed by atoms with Crippen molar-refractivity contribution in [2.45, 2.75) is 33.6 Å². The van der Waals surface area contributed by atoms with Gasteiger partial charge in [-0.1, -0.05) is 44.9 Å². The van der Waals surface area contributed by atoms with Crippen molar-refractivity contribution in [2.75, 3.05) is 0 Å². The molecule has 0 N–H and O–H groups in total.